The maximum atomic E-state index is 11.8. The van der Waals surface area contributed by atoms with Crippen molar-refractivity contribution >= 4 is 145 Å². The van der Waals surface area contributed by atoms with Gasteiger partial charge in [-0.3, -0.25) is 15.4 Å². The zero-order valence-corrected chi connectivity index (χ0v) is 50.9. The predicted octanol–water partition coefficient (Wildman–Crippen LogP) is 17.0. The van der Waals surface area contributed by atoms with Crippen LogP contribution in [0.25, 0.3) is 0 Å². The number of benzene rings is 4. The van der Waals surface area contributed by atoms with E-state index >= 15 is 0 Å². The van der Waals surface area contributed by atoms with Gasteiger partial charge in [-0.1, -0.05) is 88.8 Å². The van der Waals surface area contributed by atoms with Gasteiger partial charge in [0.05, 0.1) is 29.8 Å². The Bertz CT molecular complexity index is 3510. The van der Waals surface area contributed by atoms with Gasteiger partial charge in [-0.15, -0.1) is 0 Å². The first kappa shape index (κ1) is 68.1. The minimum absolute atomic E-state index is 0.0208. The van der Waals surface area contributed by atoms with Crippen LogP contribution in [0, 0.1) is 0 Å². The first-order valence-electron chi connectivity index (χ1n) is 23.2. The van der Waals surface area contributed by atoms with Crippen LogP contribution in [-0.4, -0.2) is 74.3 Å². The van der Waals surface area contributed by atoms with Crippen LogP contribution >= 0.6 is 104 Å². The Hall–Kier alpha value is -7.44. The molecule has 436 valence electrons. The van der Waals surface area contributed by atoms with Crippen molar-refractivity contribution in [2.45, 2.75) is 52.7 Å². The van der Waals surface area contributed by atoms with Crippen LogP contribution in [0.4, 0.5) is 32.3 Å². The van der Waals surface area contributed by atoms with Gasteiger partial charge >= 0.3 is 12.2 Å². The molecule has 4 aromatic carbocycles. The lowest BCUT2D eigenvalue weighted by Gasteiger charge is -2.19. The van der Waals surface area contributed by atoms with E-state index < -0.39 is 23.4 Å². The summed E-state index contributed by atoms with van der Waals surface area (Å²) in [6.07, 6.45) is 5.49. The molecule has 0 radical (unpaired) electrons. The fourth-order valence-electron chi connectivity index (χ4n) is 5.34. The molecule has 0 saturated carbocycles. The number of carbonyl (C=O) groups excluding carboxylic acids is 3. The van der Waals surface area contributed by atoms with Gasteiger partial charge in [-0.25, -0.2) is 34.5 Å². The number of phenolic OH excluding ortho intramolecular Hbond substituents is 1. The lowest BCUT2D eigenvalue weighted by molar-refractivity contribution is -0.111. The molecule has 4 aromatic heterocycles. The van der Waals surface area contributed by atoms with Crippen molar-refractivity contribution in [3.8, 4) is 40.6 Å². The number of hydrogen-bond donors (Lipinski definition) is 5. The Labute approximate surface area is 520 Å². The fourth-order valence-corrected chi connectivity index (χ4v) is 6.50. The maximum absolute atomic E-state index is 11.8. The van der Waals surface area contributed by atoms with E-state index in [2.05, 4.69) is 62.4 Å². The summed E-state index contributed by atoms with van der Waals surface area (Å²) in [5.74, 6) is 1.66. The number of nitrogens with one attached hydrogen (secondary N) is 3. The zero-order chi connectivity index (χ0) is 61.4. The summed E-state index contributed by atoms with van der Waals surface area (Å²) in [4.78, 5) is 64.3. The van der Waals surface area contributed by atoms with Gasteiger partial charge in [0.15, 0.2) is 5.15 Å². The number of aromatic hydroxyl groups is 1. The number of anilines is 4. The molecule has 83 heavy (non-hydrogen) atoms. The van der Waals surface area contributed by atoms with Crippen molar-refractivity contribution in [2.24, 2.45) is 0 Å². The average Bonchev–Trinajstić information content (AvgIpc) is 3.47. The summed E-state index contributed by atoms with van der Waals surface area (Å²) in [5.41, 5.74) is 6.66. The second-order valence-electron chi connectivity index (χ2n) is 17.6. The molecule has 0 spiro atoms. The summed E-state index contributed by atoms with van der Waals surface area (Å²) in [7, 11) is 0. The van der Waals surface area contributed by atoms with Gasteiger partial charge in [0.2, 0.25) is 44.7 Å². The van der Waals surface area contributed by atoms with E-state index in [0.717, 1.165) is 0 Å². The normalized spacial score (nSPS) is 10.4. The van der Waals surface area contributed by atoms with Gasteiger partial charge in [-0.05, 0) is 143 Å². The van der Waals surface area contributed by atoms with Crippen LogP contribution in [0.1, 0.15) is 41.5 Å². The van der Waals surface area contributed by atoms with E-state index in [9.17, 15) is 14.4 Å². The van der Waals surface area contributed by atoms with Crippen LogP contribution in [-0.2, 0) is 14.3 Å². The van der Waals surface area contributed by atoms with Crippen molar-refractivity contribution in [1.82, 2.24) is 39.9 Å². The summed E-state index contributed by atoms with van der Waals surface area (Å²) in [6.45, 7) is 14.1. The molecule has 3 amide bonds. The summed E-state index contributed by atoms with van der Waals surface area (Å²) in [6, 6.07) is 26.6. The average molecular weight is 1320 g/mol. The van der Waals surface area contributed by atoms with Gasteiger partial charge in [0.25, 0.3) is 0 Å². The van der Waals surface area contributed by atoms with Crippen molar-refractivity contribution in [3.63, 3.8) is 0 Å². The Morgan fingerprint density at radius 3 is 1.20 bits per heavy atom. The molecule has 0 unspecified atom stereocenters. The highest BCUT2D eigenvalue weighted by Crippen LogP contribution is 2.32. The van der Waals surface area contributed by atoms with E-state index in [1.807, 2.05) is 0 Å². The Kier molecular flexibility index (Phi) is 27.1. The SMILES string of the molecule is C=CC(=O)Nc1cccc(Oc2nc(Cl)ncc2Cl)c1.CC(C)(C)OC(=O)Nc1cccc(O)c1.CC(C)(C)OC(=O)Nc1cccc(Oc2nc(Cl)ncc2Cl)c1.Clc1ncc(Cl)c(Cl)n1.Nc1cccc(Oc2nc(Cl)ncc2Cl)c1. The maximum Gasteiger partial charge on any atom is 0.412 e. The minimum Gasteiger partial charge on any atom is -0.508 e. The highest BCUT2D eigenvalue weighted by molar-refractivity contribution is 6.41. The lowest BCUT2D eigenvalue weighted by Crippen LogP contribution is -2.27. The molecule has 8 aromatic rings. The zero-order valence-electron chi connectivity index (χ0n) is 44.1. The molecule has 0 aliphatic carbocycles. The molecular formula is C53H47Cl9N12O9. The molecular weight excluding hydrogens is 1270 g/mol. The van der Waals surface area contributed by atoms with Crippen LogP contribution in [0.2, 0.25) is 46.4 Å². The Morgan fingerprint density at radius 2 is 0.843 bits per heavy atom. The highest BCUT2D eigenvalue weighted by Gasteiger charge is 2.18. The number of hydrogen-bond acceptors (Lipinski definition) is 18. The van der Waals surface area contributed by atoms with Crippen LogP contribution in [0.3, 0.4) is 0 Å². The molecule has 21 nitrogen and oxygen atoms in total. The highest BCUT2D eigenvalue weighted by atomic mass is 35.5. The number of rotatable bonds is 10. The van der Waals surface area contributed by atoms with Crippen molar-refractivity contribution in [1.29, 1.82) is 0 Å². The standard InChI is InChI=1S/C15H15Cl2N3O3.C13H9Cl2N3O2.C11H15NO3.C10H7Cl2N3O.C4HCl3N2/c1-15(2,3)23-14(21)19-9-5-4-6-10(7-9)22-12-11(16)8-18-13(17)20-12;1-2-11(19)17-8-4-3-5-9(6-8)20-12-10(14)7-16-13(15)18-12;1-11(2,3)15-10(14)12-8-5-4-6-9(13)7-8;11-8-5-14-10(12)15-9(8)16-7-3-1-2-6(13)4-7;5-2-1-8-4(7)9-3(2)6/h4-8H,1-3H3,(H,19,21);2-7H,1H2,(H,17,19);4-7,13H,1-3H3,(H,12,14);1-5H,13H2;1H. The van der Waals surface area contributed by atoms with Gasteiger partial charge in [0, 0.05) is 47.0 Å². The van der Waals surface area contributed by atoms with Crippen LogP contribution < -0.4 is 35.9 Å². The first-order chi connectivity index (χ1) is 39.0. The summed E-state index contributed by atoms with van der Waals surface area (Å²) >= 11 is 51.0. The van der Waals surface area contributed by atoms with Crippen molar-refractivity contribution in [3.05, 3.63) is 181 Å². The number of ether oxygens (including phenoxy) is 5. The number of nitrogens with zero attached hydrogens (tertiary/aromatic N) is 8. The largest absolute Gasteiger partial charge is 0.508 e. The van der Waals surface area contributed by atoms with E-state index in [-0.39, 0.29) is 70.7 Å². The second kappa shape index (κ2) is 33.0. The predicted molar refractivity (Wildman–Crippen MR) is 324 cm³/mol. The molecule has 4 heterocycles. The van der Waals surface area contributed by atoms with Crippen molar-refractivity contribution in [2.75, 3.05) is 21.7 Å². The Balaban J connectivity index is 0.000000229. The number of phenols is 1. The third-order valence-electron chi connectivity index (χ3n) is 8.48. The number of nitrogens with two attached hydrogens (primary N) is 1. The molecule has 0 aliphatic rings. The fraction of sp³-hybridized carbons (Fsp3) is 0.151. The molecule has 6 N–H and O–H groups in total. The number of nitrogen functional groups attached to an aromatic ring is 1. The molecule has 0 fully saturated rings. The molecule has 30 heteroatoms. The van der Waals surface area contributed by atoms with Crippen molar-refractivity contribution < 1.29 is 43.2 Å². The smallest absolute Gasteiger partial charge is 0.412 e. The Morgan fingerprint density at radius 1 is 0.494 bits per heavy atom. The topological polar surface area (TPSA) is 283 Å². The second-order valence-corrected chi connectivity index (χ2v) is 20.9. The van der Waals surface area contributed by atoms with Gasteiger partial charge in [0.1, 0.15) is 49.3 Å². The third-order valence-corrected chi connectivity index (χ3v) is 10.6. The molecule has 8 rings (SSSR count). The quantitative estimate of drug-likeness (QED) is 0.0368. The van der Waals surface area contributed by atoms with E-state index in [0.29, 0.717) is 45.0 Å². The van der Waals surface area contributed by atoms with E-state index in [1.165, 1.54) is 43.0 Å². The molecule has 0 saturated heterocycles. The summed E-state index contributed by atoms with van der Waals surface area (Å²) in [5, 5.41) is 18.4. The van der Waals surface area contributed by atoms with Gasteiger partial charge in [-0.2, -0.15) is 15.0 Å². The number of aromatic nitrogens is 8. The monoisotopic (exact) mass is 1310 g/mol. The van der Waals surface area contributed by atoms with E-state index in [4.69, 9.17) is 139 Å². The number of amides is 3. The first-order valence-corrected chi connectivity index (χ1v) is 26.6. The van der Waals surface area contributed by atoms with Gasteiger partial charge < -0.3 is 39.8 Å². The minimum atomic E-state index is -0.580. The molecule has 0 bridgehead atoms. The molecule has 0 atom stereocenters. The van der Waals surface area contributed by atoms with E-state index in [1.54, 1.807) is 126 Å². The number of carbonyl (C=O) groups is 3. The summed E-state index contributed by atoms with van der Waals surface area (Å²) < 4.78 is 26.7. The number of halogens is 9. The van der Waals surface area contributed by atoms with Crippen LogP contribution in [0.5, 0.6) is 40.6 Å². The lowest BCUT2D eigenvalue weighted by atomic mass is 10.2. The third kappa shape index (κ3) is 27.0. The molecule has 0 aliphatic heterocycles. The van der Waals surface area contributed by atoms with Crippen LogP contribution in [0.15, 0.2) is 135 Å².